The summed E-state index contributed by atoms with van der Waals surface area (Å²) in [4.78, 5) is 27.2. The van der Waals surface area contributed by atoms with E-state index in [2.05, 4.69) is 12.1 Å². The van der Waals surface area contributed by atoms with Crippen molar-refractivity contribution in [2.45, 2.75) is 51.0 Å². The van der Waals surface area contributed by atoms with Crippen molar-refractivity contribution in [3.63, 3.8) is 0 Å². The molecule has 0 aliphatic carbocycles. The molecule has 28 heavy (non-hydrogen) atoms. The smallest absolute Gasteiger partial charge is 0.349 e. The second-order valence-corrected chi connectivity index (χ2v) is 7.97. The molecule has 0 bridgehead atoms. The zero-order valence-electron chi connectivity index (χ0n) is 16.4. The Labute approximate surface area is 165 Å². The molecule has 0 atom stereocenters. The van der Waals surface area contributed by atoms with Gasteiger partial charge in [-0.2, -0.15) is 0 Å². The van der Waals surface area contributed by atoms with Crippen LogP contribution in [0.4, 0.5) is 0 Å². The molecule has 0 radical (unpaired) electrons. The zero-order chi connectivity index (χ0) is 19.6. The molecular weight excluding hydrogens is 354 g/mol. The van der Waals surface area contributed by atoms with E-state index in [0.29, 0.717) is 30.8 Å². The largest absolute Gasteiger partial charge is 0.427 e. The molecule has 1 spiro atoms. The zero-order valence-corrected chi connectivity index (χ0v) is 16.4. The molecule has 5 nitrogen and oxygen atoms in total. The van der Waals surface area contributed by atoms with Gasteiger partial charge in [0.1, 0.15) is 11.3 Å². The first-order valence-corrected chi connectivity index (χ1v) is 10.2. The highest BCUT2D eigenvalue weighted by Crippen LogP contribution is 2.36. The van der Waals surface area contributed by atoms with Gasteiger partial charge in [0.25, 0.3) is 5.91 Å². The number of benzene rings is 1. The van der Waals surface area contributed by atoms with Gasteiger partial charge in [0.15, 0.2) is 0 Å². The quantitative estimate of drug-likeness (QED) is 0.795. The molecule has 2 aromatic rings. The van der Waals surface area contributed by atoms with Crippen LogP contribution in [-0.4, -0.2) is 36.1 Å². The maximum Gasteiger partial charge on any atom is 0.349 e. The van der Waals surface area contributed by atoms with Crippen LogP contribution in [-0.2, 0) is 17.6 Å². The van der Waals surface area contributed by atoms with Gasteiger partial charge >= 0.3 is 5.63 Å². The molecule has 1 aromatic heterocycles. The lowest BCUT2D eigenvalue weighted by molar-refractivity contribution is -0.169. The standard InChI is InChI=1S/C23H27NO4/c1-17-16-19(9-5-8-18-6-3-2-4-7-18)28-22(26)20(17)21(25)24-13-10-23(11-14-24)12-15-27-23/h2-4,6-7,16H,5,8-15H2,1H3. The van der Waals surface area contributed by atoms with Crippen molar-refractivity contribution in [3.05, 3.63) is 69.3 Å². The molecule has 3 heterocycles. The van der Waals surface area contributed by atoms with Crippen molar-refractivity contribution >= 4 is 5.91 Å². The second kappa shape index (κ2) is 7.92. The first-order valence-electron chi connectivity index (χ1n) is 10.2. The number of rotatable bonds is 5. The molecule has 0 saturated carbocycles. The molecule has 2 aliphatic rings. The highest BCUT2D eigenvalue weighted by molar-refractivity contribution is 5.95. The van der Waals surface area contributed by atoms with Gasteiger partial charge in [0, 0.05) is 19.5 Å². The minimum atomic E-state index is -0.514. The maximum absolute atomic E-state index is 12.9. The minimum absolute atomic E-state index is 0.0148. The molecule has 148 valence electrons. The number of hydrogen-bond donors (Lipinski definition) is 0. The third kappa shape index (κ3) is 3.90. The number of piperidine rings is 1. The summed E-state index contributed by atoms with van der Waals surface area (Å²) >= 11 is 0. The molecule has 4 rings (SSSR count). The van der Waals surface area contributed by atoms with E-state index in [1.54, 1.807) is 4.90 Å². The third-order valence-electron chi connectivity index (χ3n) is 6.07. The average Bonchev–Trinajstić information content (AvgIpc) is 2.67. The lowest BCUT2D eigenvalue weighted by Gasteiger charge is -2.47. The van der Waals surface area contributed by atoms with Gasteiger partial charge in [-0.15, -0.1) is 0 Å². The van der Waals surface area contributed by atoms with Crippen molar-refractivity contribution in [2.75, 3.05) is 19.7 Å². The number of likely N-dealkylation sites (tertiary alicyclic amines) is 1. The molecule has 1 aromatic carbocycles. The van der Waals surface area contributed by atoms with Gasteiger partial charge in [-0.05, 0) is 56.2 Å². The van der Waals surface area contributed by atoms with E-state index in [9.17, 15) is 9.59 Å². The molecule has 1 amide bonds. The third-order valence-corrected chi connectivity index (χ3v) is 6.07. The van der Waals surface area contributed by atoms with Crippen molar-refractivity contribution in [1.29, 1.82) is 0 Å². The summed E-state index contributed by atoms with van der Waals surface area (Å²) < 4.78 is 11.2. The van der Waals surface area contributed by atoms with Gasteiger partial charge in [-0.25, -0.2) is 4.79 Å². The summed E-state index contributed by atoms with van der Waals surface area (Å²) in [5.41, 5.74) is 1.62. The summed E-state index contributed by atoms with van der Waals surface area (Å²) in [6.45, 7) is 3.92. The molecule has 2 saturated heterocycles. The fourth-order valence-electron chi connectivity index (χ4n) is 4.23. The summed E-state index contributed by atoms with van der Waals surface area (Å²) in [7, 11) is 0. The number of carbonyl (C=O) groups excluding carboxylic acids is 1. The number of amides is 1. The Kier molecular flexibility index (Phi) is 5.36. The Bertz CT molecular complexity index is 889. The number of aryl methyl sites for hydroxylation is 3. The average molecular weight is 381 g/mol. The predicted octanol–water partition coefficient (Wildman–Crippen LogP) is 3.52. The van der Waals surface area contributed by atoms with E-state index in [1.165, 1.54) is 5.56 Å². The summed E-state index contributed by atoms with van der Waals surface area (Å²) in [5.74, 6) is 0.437. The van der Waals surface area contributed by atoms with Crippen LogP contribution in [0.5, 0.6) is 0 Å². The normalized spacial score (nSPS) is 18.1. The Morgan fingerprint density at radius 1 is 1.11 bits per heavy atom. The monoisotopic (exact) mass is 381 g/mol. The van der Waals surface area contributed by atoms with Gasteiger partial charge in [-0.1, -0.05) is 30.3 Å². The Morgan fingerprint density at radius 2 is 1.82 bits per heavy atom. The van der Waals surface area contributed by atoms with Crippen LogP contribution in [0.3, 0.4) is 0 Å². The van der Waals surface area contributed by atoms with Crippen LogP contribution in [0.2, 0.25) is 0 Å². The van der Waals surface area contributed by atoms with Crippen LogP contribution < -0.4 is 5.63 Å². The van der Waals surface area contributed by atoms with Crippen molar-refractivity contribution < 1.29 is 13.9 Å². The maximum atomic E-state index is 12.9. The SMILES string of the molecule is Cc1cc(CCCc2ccccc2)oc(=O)c1C(=O)N1CCC2(CCO2)CC1. The molecule has 0 unspecified atom stereocenters. The Hall–Kier alpha value is -2.40. The van der Waals surface area contributed by atoms with Crippen molar-refractivity contribution in [3.8, 4) is 0 Å². The summed E-state index contributed by atoms with van der Waals surface area (Å²) in [6, 6.07) is 12.1. The van der Waals surface area contributed by atoms with E-state index in [-0.39, 0.29) is 17.1 Å². The van der Waals surface area contributed by atoms with Crippen LogP contribution in [0.1, 0.15) is 52.9 Å². The van der Waals surface area contributed by atoms with Gasteiger partial charge in [0.2, 0.25) is 0 Å². The fourth-order valence-corrected chi connectivity index (χ4v) is 4.23. The minimum Gasteiger partial charge on any atom is -0.427 e. The van der Waals surface area contributed by atoms with Gasteiger partial charge < -0.3 is 14.1 Å². The van der Waals surface area contributed by atoms with Crippen LogP contribution in [0, 0.1) is 6.92 Å². The lowest BCUT2D eigenvalue weighted by atomic mass is 9.84. The van der Waals surface area contributed by atoms with E-state index >= 15 is 0 Å². The Balaban J connectivity index is 1.39. The molecule has 2 aliphatic heterocycles. The molecule has 2 fully saturated rings. The highest BCUT2D eigenvalue weighted by Gasteiger charge is 2.42. The summed E-state index contributed by atoms with van der Waals surface area (Å²) in [5, 5.41) is 0. The van der Waals surface area contributed by atoms with E-state index in [0.717, 1.165) is 38.7 Å². The first kappa shape index (κ1) is 18.9. The van der Waals surface area contributed by atoms with E-state index < -0.39 is 5.63 Å². The highest BCUT2D eigenvalue weighted by atomic mass is 16.5. The summed E-state index contributed by atoms with van der Waals surface area (Å²) in [6.07, 6.45) is 5.29. The second-order valence-electron chi connectivity index (χ2n) is 7.97. The topological polar surface area (TPSA) is 59.8 Å². The number of nitrogens with zero attached hydrogens (tertiary/aromatic N) is 1. The van der Waals surface area contributed by atoms with Crippen LogP contribution in [0.15, 0.2) is 45.6 Å². The molecule has 5 heteroatoms. The predicted molar refractivity (Wildman–Crippen MR) is 107 cm³/mol. The Morgan fingerprint density at radius 3 is 2.43 bits per heavy atom. The molecule has 0 N–H and O–H groups in total. The lowest BCUT2D eigenvalue weighted by Crippen LogP contribution is -2.53. The fraction of sp³-hybridized carbons (Fsp3) is 0.478. The van der Waals surface area contributed by atoms with Crippen molar-refractivity contribution in [1.82, 2.24) is 4.90 Å². The molecular formula is C23H27NO4. The van der Waals surface area contributed by atoms with E-state index in [4.69, 9.17) is 9.15 Å². The number of hydrogen-bond acceptors (Lipinski definition) is 4. The van der Waals surface area contributed by atoms with Crippen LogP contribution >= 0.6 is 0 Å². The number of carbonyl (C=O) groups is 1. The van der Waals surface area contributed by atoms with Crippen LogP contribution in [0.25, 0.3) is 0 Å². The van der Waals surface area contributed by atoms with Crippen molar-refractivity contribution in [2.24, 2.45) is 0 Å². The van der Waals surface area contributed by atoms with E-state index in [1.807, 2.05) is 31.2 Å². The number of ether oxygens (including phenoxy) is 1. The van der Waals surface area contributed by atoms with Gasteiger partial charge in [0.05, 0.1) is 12.2 Å². The van der Waals surface area contributed by atoms with Gasteiger partial charge in [-0.3, -0.25) is 4.79 Å². The first-order chi connectivity index (χ1) is 13.6.